The lowest BCUT2D eigenvalue weighted by atomic mass is 9.78. The third-order valence-corrected chi connectivity index (χ3v) is 3.96. The number of ether oxygens (including phenoxy) is 1. The summed E-state index contributed by atoms with van der Waals surface area (Å²) in [6, 6.07) is 0. The van der Waals surface area contributed by atoms with Gasteiger partial charge in [-0.15, -0.1) is 0 Å². The maximum Gasteiger partial charge on any atom is 0.410 e. The quantitative estimate of drug-likeness (QED) is 0.797. The predicted molar refractivity (Wildman–Crippen MR) is 60.9 cm³/mol. The number of hydrogen-bond donors (Lipinski definition) is 1. The lowest BCUT2D eigenvalue weighted by Gasteiger charge is -2.42. The zero-order valence-corrected chi connectivity index (χ0v) is 10.3. The van der Waals surface area contributed by atoms with Gasteiger partial charge in [-0.1, -0.05) is 12.7 Å². The summed E-state index contributed by atoms with van der Waals surface area (Å²) in [7, 11) is 0. The number of hydrogen-bond acceptors (Lipinski definition) is 3. The molecule has 106 valence electrons. The lowest BCUT2D eigenvalue weighted by molar-refractivity contribution is -0.194. The summed E-state index contributed by atoms with van der Waals surface area (Å²) in [5, 5.41) is 9.15. The number of carbonyl (C=O) groups excluding carboxylic acids is 1. The van der Waals surface area contributed by atoms with Crippen molar-refractivity contribution in [2.45, 2.75) is 18.8 Å². The number of rotatable bonds is 3. The molecule has 1 aliphatic heterocycles. The van der Waals surface area contributed by atoms with E-state index in [0.717, 1.165) is 4.90 Å². The molecular weight excluding hydrogens is 260 g/mol. The van der Waals surface area contributed by atoms with Gasteiger partial charge < -0.3 is 14.7 Å². The van der Waals surface area contributed by atoms with E-state index in [0.29, 0.717) is 0 Å². The van der Waals surface area contributed by atoms with E-state index >= 15 is 0 Å². The average molecular weight is 275 g/mol. The highest BCUT2D eigenvalue weighted by atomic mass is 19.3. The molecule has 0 aromatic carbocycles. The molecule has 2 rings (SSSR count). The number of carboxylic acids is 1. The van der Waals surface area contributed by atoms with E-state index in [1.807, 2.05) is 0 Å². The van der Waals surface area contributed by atoms with E-state index in [2.05, 4.69) is 6.58 Å². The molecule has 1 saturated carbocycles. The summed E-state index contributed by atoms with van der Waals surface area (Å²) in [5.74, 6) is -5.96. The van der Waals surface area contributed by atoms with Gasteiger partial charge in [-0.3, -0.25) is 4.79 Å². The Morgan fingerprint density at radius 1 is 1.53 bits per heavy atom. The van der Waals surface area contributed by atoms with Crippen molar-refractivity contribution in [3.05, 3.63) is 12.7 Å². The van der Waals surface area contributed by atoms with Crippen molar-refractivity contribution in [2.75, 3.05) is 19.7 Å². The van der Waals surface area contributed by atoms with Crippen LogP contribution in [0.3, 0.4) is 0 Å². The Hall–Kier alpha value is -1.66. The Balaban J connectivity index is 2.21. The van der Waals surface area contributed by atoms with Crippen LogP contribution in [0.4, 0.5) is 13.6 Å². The maximum atomic E-state index is 14.1. The molecule has 2 aliphatic rings. The van der Waals surface area contributed by atoms with Gasteiger partial charge in [0.2, 0.25) is 0 Å². The minimum atomic E-state index is -3.28. The van der Waals surface area contributed by atoms with Crippen molar-refractivity contribution in [1.29, 1.82) is 0 Å². The normalized spacial score (nSPS) is 31.9. The number of piperidine rings is 1. The molecule has 7 heteroatoms. The number of likely N-dealkylation sites (tertiary alicyclic amines) is 1. The number of alkyl halides is 2. The number of nitrogens with zero attached hydrogens (tertiary/aromatic N) is 1. The molecule has 0 aromatic heterocycles. The predicted octanol–water partition coefficient (Wildman–Crippen LogP) is 1.74. The molecule has 1 aliphatic carbocycles. The summed E-state index contributed by atoms with van der Waals surface area (Å²) in [6.07, 6.45) is 0.571. The van der Waals surface area contributed by atoms with Gasteiger partial charge in [-0.25, -0.2) is 13.6 Å². The van der Waals surface area contributed by atoms with Crippen LogP contribution in [0.1, 0.15) is 12.8 Å². The second-order valence-electron chi connectivity index (χ2n) is 4.99. The first-order valence-corrected chi connectivity index (χ1v) is 5.99. The molecule has 0 radical (unpaired) electrons. The van der Waals surface area contributed by atoms with Crippen molar-refractivity contribution in [1.82, 2.24) is 4.90 Å². The molecule has 19 heavy (non-hydrogen) atoms. The summed E-state index contributed by atoms with van der Waals surface area (Å²) in [4.78, 5) is 24.0. The van der Waals surface area contributed by atoms with Crippen LogP contribution in [0.25, 0.3) is 0 Å². The lowest BCUT2D eigenvalue weighted by Crippen LogP contribution is -2.60. The maximum absolute atomic E-state index is 14.1. The van der Waals surface area contributed by atoms with Crippen LogP contribution in [0.5, 0.6) is 0 Å². The highest BCUT2D eigenvalue weighted by Gasteiger charge is 2.70. The molecule has 1 amide bonds. The summed E-state index contributed by atoms with van der Waals surface area (Å²) in [5.41, 5.74) is -2.18. The molecule has 1 heterocycles. The Morgan fingerprint density at radius 3 is 2.79 bits per heavy atom. The standard InChI is InChI=1S/C12H15F2NO4/c1-2-5-19-10(18)15-6-8-3-4-11(7-15,9(16)17)12(8,13)14/h2,8H,1,3-7H2,(H,16,17). The second kappa shape index (κ2) is 4.47. The van der Waals surface area contributed by atoms with Crippen molar-refractivity contribution in [3.63, 3.8) is 0 Å². The van der Waals surface area contributed by atoms with E-state index in [1.54, 1.807) is 0 Å². The largest absolute Gasteiger partial charge is 0.481 e. The third kappa shape index (κ3) is 1.87. The highest BCUT2D eigenvalue weighted by molar-refractivity contribution is 5.79. The minimum Gasteiger partial charge on any atom is -0.481 e. The average Bonchev–Trinajstić information content (AvgIpc) is 2.55. The van der Waals surface area contributed by atoms with Crippen LogP contribution in [0.15, 0.2) is 12.7 Å². The zero-order chi connectivity index (χ0) is 14.3. The Bertz CT molecular complexity index is 426. The van der Waals surface area contributed by atoms with Crippen LogP contribution in [-0.4, -0.2) is 47.7 Å². The first kappa shape index (κ1) is 13.8. The molecule has 2 fully saturated rings. The smallest absolute Gasteiger partial charge is 0.410 e. The highest BCUT2D eigenvalue weighted by Crippen LogP contribution is 2.57. The molecule has 1 saturated heterocycles. The van der Waals surface area contributed by atoms with Crippen molar-refractivity contribution in [3.8, 4) is 0 Å². The third-order valence-electron chi connectivity index (χ3n) is 3.96. The van der Waals surface area contributed by atoms with E-state index in [4.69, 9.17) is 9.84 Å². The molecule has 2 unspecified atom stereocenters. The van der Waals surface area contributed by atoms with Gasteiger partial charge in [0.05, 0.1) is 0 Å². The van der Waals surface area contributed by atoms with Crippen LogP contribution < -0.4 is 0 Å². The summed E-state index contributed by atoms with van der Waals surface area (Å²) >= 11 is 0. The Morgan fingerprint density at radius 2 is 2.21 bits per heavy atom. The monoisotopic (exact) mass is 275 g/mol. The van der Waals surface area contributed by atoms with Crippen LogP contribution in [-0.2, 0) is 9.53 Å². The van der Waals surface area contributed by atoms with E-state index < -0.39 is 35.9 Å². The fourth-order valence-corrected chi connectivity index (χ4v) is 2.88. The Kier molecular flexibility index (Phi) is 3.24. The second-order valence-corrected chi connectivity index (χ2v) is 4.99. The summed E-state index contributed by atoms with van der Waals surface area (Å²) in [6.45, 7) is 2.66. The van der Waals surface area contributed by atoms with Gasteiger partial charge in [0, 0.05) is 19.0 Å². The van der Waals surface area contributed by atoms with Crippen molar-refractivity contribution in [2.24, 2.45) is 11.3 Å². The van der Waals surface area contributed by atoms with Gasteiger partial charge >= 0.3 is 12.1 Å². The molecule has 0 spiro atoms. The minimum absolute atomic E-state index is 0.0313. The number of halogens is 2. The fraction of sp³-hybridized carbons (Fsp3) is 0.667. The molecule has 2 atom stereocenters. The number of carboxylic acid groups (broad SMARTS) is 1. The van der Waals surface area contributed by atoms with E-state index in [9.17, 15) is 18.4 Å². The van der Waals surface area contributed by atoms with Crippen molar-refractivity contribution >= 4 is 12.1 Å². The van der Waals surface area contributed by atoms with Crippen LogP contribution in [0, 0.1) is 11.3 Å². The van der Waals surface area contributed by atoms with Crippen LogP contribution in [0.2, 0.25) is 0 Å². The first-order valence-electron chi connectivity index (χ1n) is 5.99. The first-order chi connectivity index (χ1) is 8.85. The molecule has 5 nitrogen and oxygen atoms in total. The van der Waals surface area contributed by atoms with E-state index in [1.165, 1.54) is 6.08 Å². The SMILES string of the molecule is C=CCOC(=O)N1CC2CCC(C(=O)O)(C1)C2(F)F. The molecular formula is C12H15F2NO4. The zero-order valence-electron chi connectivity index (χ0n) is 10.3. The molecule has 1 N–H and O–H groups in total. The van der Waals surface area contributed by atoms with Gasteiger partial charge in [0.15, 0.2) is 0 Å². The van der Waals surface area contributed by atoms with Gasteiger partial charge in [-0.05, 0) is 12.8 Å². The summed E-state index contributed by atoms with van der Waals surface area (Å²) < 4.78 is 32.9. The van der Waals surface area contributed by atoms with Gasteiger partial charge in [0.1, 0.15) is 12.0 Å². The number of fused-ring (bicyclic) bond motifs is 2. The van der Waals surface area contributed by atoms with Gasteiger partial charge in [0.25, 0.3) is 5.92 Å². The number of aliphatic carboxylic acids is 1. The number of carbonyl (C=O) groups is 2. The number of amides is 1. The Labute approximate surface area is 108 Å². The fourth-order valence-electron chi connectivity index (χ4n) is 2.88. The van der Waals surface area contributed by atoms with Crippen molar-refractivity contribution < 1.29 is 28.2 Å². The van der Waals surface area contributed by atoms with E-state index in [-0.39, 0.29) is 26.0 Å². The topological polar surface area (TPSA) is 66.8 Å². The molecule has 2 bridgehead atoms. The molecule has 0 aromatic rings. The van der Waals surface area contributed by atoms with Crippen LogP contribution >= 0.6 is 0 Å². The van der Waals surface area contributed by atoms with Gasteiger partial charge in [-0.2, -0.15) is 0 Å².